The highest BCUT2D eigenvalue weighted by Gasteiger charge is 1.92. The van der Waals surface area contributed by atoms with Crippen LogP contribution in [0, 0.1) is 0 Å². The van der Waals surface area contributed by atoms with Crippen LogP contribution in [0.1, 0.15) is 0 Å². The maximum atomic E-state index is 5.60. The van der Waals surface area contributed by atoms with Crippen molar-refractivity contribution in [3.63, 3.8) is 0 Å². The number of halogens is 1. The van der Waals surface area contributed by atoms with Gasteiger partial charge in [0.1, 0.15) is 5.15 Å². The fraction of sp³-hybridized carbons (Fsp3) is 0. The highest BCUT2D eigenvalue weighted by atomic mass is 35.5. The molecule has 0 saturated carbocycles. The van der Waals surface area contributed by atoms with Crippen LogP contribution in [0.3, 0.4) is 0 Å². The number of rotatable bonds is 0. The van der Waals surface area contributed by atoms with Crippen LogP contribution < -0.4 is 0 Å². The highest BCUT2D eigenvalue weighted by Crippen LogP contribution is 2.04. The first kappa shape index (κ1) is 5.68. The molecule has 2 aromatic heterocycles. The zero-order valence-electron chi connectivity index (χ0n) is 5.03. The van der Waals surface area contributed by atoms with E-state index in [0.29, 0.717) is 5.15 Å². The van der Waals surface area contributed by atoms with Gasteiger partial charge in [0.2, 0.25) is 0 Å². The van der Waals surface area contributed by atoms with E-state index < -0.39 is 0 Å². The lowest BCUT2D eigenvalue weighted by molar-refractivity contribution is 0.946. The Kier molecular flexibility index (Phi) is 1.11. The Morgan fingerprint density at radius 3 is 3.30 bits per heavy atom. The van der Waals surface area contributed by atoms with E-state index in [4.69, 9.17) is 11.6 Å². The minimum Gasteiger partial charge on any atom is -0.241 e. The van der Waals surface area contributed by atoms with Crippen LogP contribution in [0.25, 0.3) is 5.52 Å². The molecule has 0 saturated heterocycles. The molecule has 2 rings (SSSR count). The third-order valence-corrected chi connectivity index (χ3v) is 1.45. The lowest BCUT2D eigenvalue weighted by atomic mass is 10.5. The Balaban J connectivity index is 2.86. The zero-order chi connectivity index (χ0) is 6.97. The summed E-state index contributed by atoms with van der Waals surface area (Å²) in [4.78, 5) is 3.88. The predicted molar refractivity (Wildman–Crippen MR) is 38.0 cm³/mol. The van der Waals surface area contributed by atoms with E-state index in [1.54, 1.807) is 23.1 Å². The molecule has 0 radical (unpaired) electrons. The maximum Gasteiger partial charge on any atom is 0.147 e. The van der Waals surface area contributed by atoms with Crippen molar-refractivity contribution in [2.24, 2.45) is 0 Å². The summed E-state index contributed by atoms with van der Waals surface area (Å²) in [5, 5.41) is 4.43. The Morgan fingerprint density at radius 2 is 2.40 bits per heavy atom. The van der Waals surface area contributed by atoms with Crippen molar-refractivity contribution in [3.8, 4) is 0 Å². The zero-order valence-corrected chi connectivity index (χ0v) is 5.78. The molecule has 10 heavy (non-hydrogen) atoms. The van der Waals surface area contributed by atoms with Gasteiger partial charge in [-0.05, 0) is 6.07 Å². The van der Waals surface area contributed by atoms with Crippen LogP contribution in [-0.4, -0.2) is 14.6 Å². The van der Waals surface area contributed by atoms with Crippen molar-refractivity contribution < 1.29 is 0 Å². The molecule has 3 nitrogen and oxygen atoms in total. The van der Waals surface area contributed by atoms with Gasteiger partial charge in [-0.1, -0.05) is 11.6 Å². The van der Waals surface area contributed by atoms with Crippen molar-refractivity contribution in [3.05, 3.63) is 29.8 Å². The Bertz CT molecular complexity index is 355. The molecule has 0 aliphatic heterocycles. The average Bonchev–Trinajstić information content (AvgIpc) is 2.33. The lowest BCUT2D eigenvalue weighted by Crippen LogP contribution is -1.86. The van der Waals surface area contributed by atoms with Crippen LogP contribution in [0.2, 0.25) is 5.15 Å². The topological polar surface area (TPSA) is 30.2 Å². The van der Waals surface area contributed by atoms with Gasteiger partial charge >= 0.3 is 0 Å². The molecule has 0 N–H and O–H groups in total. The second-order valence-electron chi connectivity index (χ2n) is 1.91. The molecule has 50 valence electrons. The molecule has 0 aliphatic carbocycles. The lowest BCUT2D eigenvalue weighted by Gasteiger charge is -1.90. The van der Waals surface area contributed by atoms with E-state index in [2.05, 4.69) is 10.1 Å². The molecule has 0 aromatic carbocycles. The summed E-state index contributed by atoms with van der Waals surface area (Å²) in [5.41, 5.74) is 0.949. The van der Waals surface area contributed by atoms with Gasteiger partial charge in [-0.15, -0.1) is 0 Å². The monoisotopic (exact) mass is 153 g/mol. The molecular weight excluding hydrogens is 150 g/mol. The molecular formula is C6H4ClN3. The first-order chi connectivity index (χ1) is 4.86. The average molecular weight is 154 g/mol. The fourth-order valence-corrected chi connectivity index (χ4v) is 0.938. The molecule has 0 aliphatic rings. The van der Waals surface area contributed by atoms with E-state index in [1.165, 1.54) is 0 Å². The quantitative estimate of drug-likeness (QED) is 0.573. The highest BCUT2D eigenvalue weighted by molar-refractivity contribution is 6.29. The Hall–Kier alpha value is -1.09. The predicted octanol–water partition coefficient (Wildman–Crippen LogP) is 1.38. The molecule has 2 aromatic rings. The summed E-state index contributed by atoms with van der Waals surface area (Å²) in [7, 11) is 0. The minimum atomic E-state index is 0.455. The van der Waals surface area contributed by atoms with Crippen LogP contribution in [0.15, 0.2) is 24.7 Å². The normalized spacial score (nSPS) is 10.5. The summed E-state index contributed by atoms with van der Waals surface area (Å²) in [6, 6.07) is 1.86. The Morgan fingerprint density at radius 1 is 1.50 bits per heavy atom. The fourth-order valence-electron chi connectivity index (χ4n) is 0.797. The second kappa shape index (κ2) is 1.95. The van der Waals surface area contributed by atoms with Gasteiger partial charge in [0.05, 0.1) is 24.1 Å². The number of nitrogens with zero attached hydrogens (tertiary/aromatic N) is 3. The largest absolute Gasteiger partial charge is 0.241 e. The number of hydrogen-bond donors (Lipinski definition) is 0. The van der Waals surface area contributed by atoms with Crippen molar-refractivity contribution in [1.82, 2.24) is 14.6 Å². The van der Waals surface area contributed by atoms with Crippen molar-refractivity contribution >= 4 is 17.1 Å². The van der Waals surface area contributed by atoms with Gasteiger partial charge < -0.3 is 0 Å². The summed E-state index contributed by atoms with van der Waals surface area (Å²) in [6.07, 6.45) is 5.04. The van der Waals surface area contributed by atoms with Gasteiger partial charge in [0.15, 0.2) is 0 Å². The standard InChI is InChI=1S/C6H4ClN3/c7-6-4-10-5(3-8-6)1-2-9-10/h1-4H. The van der Waals surface area contributed by atoms with Crippen LogP contribution in [-0.2, 0) is 0 Å². The van der Waals surface area contributed by atoms with Crippen molar-refractivity contribution in [2.75, 3.05) is 0 Å². The summed E-state index contributed by atoms with van der Waals surface area (Å²) in [6.45, 7) is 0. The third kappa shape index (κ3) is 0.752. The SMILES string of the molecule is Clc1cn2nccc2cn1. The van der Waals surface area contributed by atoms with Crippen LogP contribution in [0.5, 0.6) is 0 Å². The van der Waals surface area contributed by atoms with Crippen molar-refractivity contribution in [2.45, 2.75) is 0 Å². The Labute approximate surface area is 62.3 Å². The summed E-state index contributed by atoms with van der Waals surface area (Å²) in [5.74, 6) is 0. The van der Waals surface area contributed by atoms with Gasteiger partial charge in [-0.2, -0.15) is 5.10 Å². The van der Waals surface area contributed by atoms with Gasteiger partial charge in [-0.25, -0.2) is 9.50 Å². The summed E-state index contributed by atoms with van der Waals surface area (Å²) < 4.78 is 1.68. The minimum absolute atomic E-state index is 0.455. The molecule has 0 amide bonds. The third-order valence-electron chi connectivity index (χ3n) is 1.25. The molecule has 0 spiro atoms. The van der Waals surface area contributed by atoms with E-state index in [9.17, 15) is 0 Å². The summed E-state index contributed by atoms with van der Waals surface area (Å²) >= 11 is 5.60. The van der Waals surface area contributed by atoms with Gasteiger partial charge in [-0.3, -0.25) is 0 Å². The van der Waals surface area contributed by atoms with E-state index in [0.717, 1.165) is 5.52 Å². The maximum absolute atomic E-state index is 5.60. The van der Waals surface area contributed by atoms with E-state index >= 15 is 0 Å². The van der Waals surface area contributed by atoms with Crippen LogP contribution >= 0.6 is 11.6 Å². The number of aromatic nitrogens is 3. The molecule has 0 fully saturated rings. The molecule has 0 bridgehead atoms. The first-order valence-electron chi connectivity index (χ1n) is 2.81. The molecule has 4 heteroatoms. The van der Waals surface area contributed by atoms with Crippen LogP contribution in [0.4, 0.5) is 0 Å². The van der Waals surface area contributed by atoms with Crippen molar-refractivity contribution in [1.29, 1.82) is 0 Å². The van der Waals surface area contributed by atoms with Gasteiger partial charge in [0, 0.05) is 0 Å². The van der Waals surface area contributed by atoms with E-state index in [1.807, 2.05) is 6.07 Å². The molecule has 2 heterocycles. The number of fused-ring (bicyclic) bond motifs is 1. The second-order valence-corrected chi connectivity index (χ2v) is 2.30. The number of hydrogen-bond acceptors (Lipinski definition) is 2. The van der Waals surface area contributed by atoms with Gasteiger partial charge in [0.25, 0.3) is 0 Å². The molecule has 0 unspecified atom stereocenters. The first-order valence-corrected chi connectivity index (χ1v) is 3.19. The smallest absolute Gasteiger partial charge is 0.147 e. The molecule has 0 atom stereocenters. The van der Waals surface area contributed by atoms with E-state index in [-0.39, 0.29) is 0 Å².